The Labute approximate surface area is 222 Å². The largest absolute Gasteiger partial charge is 0.489 e. The minimum absolute atomic E-state index is 0.0886. The molecule has 6 nitrogen and oxygen atoms in total. The number of halogens is 1. The Morgan fingerprint density at radius 3 is 2.61 bits per heavy atom. The van der Waals surface area contributed by atoms with Gasteiger partial charge in [-0.3, -0.25) is 9.36 Å². The number of thiazole rings is 1. The Kier molecular flexibility index (Phi) is 7.33. The number of hydrogen-bond donors (Lipinski definition) is 0. The van der Waals surface area contributed by atoms with Gasteiger partial charge in [-0.05, 0) is 49.2 Å². The molecule has 0 aliphatic carbocycles. The smallest absolute Gasteiger partial charge is 0.338 e. The number of esters is 1. The summed E-state index contributed by atoms with van der Waals surface area (Å²) in [4.78, 5) is 31.7. The fourth-order valence-corrected chi connectivity index (χ4v) is 5.41. The molecule has 0 spiro atoms. The van der Waals surface area contributed by atoms with Gasteiger partial charge in [0.05, 0.1) is 28.5 Å². The van der Waals surface area contributed by atoms with Crippen molar-refractivity contribution in [1.82, 2.24) is 4.57 Å². The fraction of sp³-hybridized carbons (Fsp3) is 0.167. The lowest BCUT2D eigenvalue weighted by molar-refractivity contribution is -0.139. The highest BCUT2D eigenvalue weighted by Crippen LogP contribution is 2.30. The maximum atomic E-state index is 14.0. The van der Waals surface area contributed by atoms with Gasteiger partial charge in [-0.2, -0.15) is 0 Å². The summed E-state index contributed by atoms with van der Waals surface area (Å²) >= 11 is 1.26. The lowest BCUT2D eigenvalue weighted by atomic mass is 9.96. The number of carbonyl (C=O) groups excluding carboxylic acids is 1. The van der Waals surface area contributed by atoms with Gasteiger partial charge in [0.2, 0.25) is 0 Å². The Bertz CT molecular complexity index is 1710. The standard InChI is InChI=1S/C30H25FN2O4S/c1-3-36-29(35)26-19(2)32-30-33(27(26)21-11-5-4-6-12-21)28(34)25(38-30)17-20-10-9-14-23(16-20)37-18-22-13-7-8-15-24(22)31/h4-17,27H,3,18H2,1-2H3/b25-17+. The SMILES string of the molecule is CCOC(=O)C1=C(C)N=c2s/c(=C/c3cccc(OCc4ccccc4F)c3)c(=O)n2C1c1ccccc1. The number of allylic oxidation sites excluding steroid dienone is 1. The molecule has 3 aromatic carbocycles. The maximum absolute atomic E-state index is 14.0. The van der Waals surface area contributed by atoms with Gasteiger partial charge in [-0.1, -0.05) is 72.0 Å². The van der Waals surface area contributed by atoms with Gasteiger partial charge in [0.15, 0.2) is 4.80 Å². The summed E-state index contributed by atoms with van der Waals surface area (Å²) in [6.45, 7) is 3.81. The highest BCUT2D eigenvalue weighted by atomic mass is 32.1. The van der Waals surface area contributed by atoms with E-state index in [1.54, 1.807) is 54.8 Å². The summed E-state index contributed by atoms with van der Waals surface area (Å²) in [5, 5.41) is 0. The zero-order chi connectivity index (χ0) is 26.6. The minimum Gasteiger partial charge on any atom is -0.489 e. The van der Waals surface area contributed by atoms with Gasteiger partial charge in [0, 0.05) is 5.56 Å². The van der Waals surface area contributed by atoms with Crippen molar-refractivity contribution in [3.8, 4) is 5.75 Å². The highest BCUT2D eigenvalue weighted by molar-refractivity contribution is 7.07. The van der Waals surface area contributed by atoms with E-state index in [1.807, 2.05) is 42.5 Å². The van der Waals surface area contributed by atoms with E-state index in [0.29, 0.717) is 31.9 Å². The highest BCUT2D eigenvalue weighted by Gasteiger charge is 2.33. The topological polar surface area (TPSA) is 69.9 Å². The van der Waals surface area contributed by atoms with Crippen LogP contribution in [-0.4, -0.2) is 17.1 Å². The lowest BCUT2D eigenvalue weighted by Crippen LogP contribution is -2.39. The van der Waals surface area contributed by atoms with E-state index in [4.69, 9.17) is 9.47 Å². The van der Waals surface area contributed by atoms with Crippen molar-refractivity contribution in [2.24, 2.45) is 4.99 Å². The lowest BCUT2D eigenvalue weighted by Gasteiger charge is -2.24. The van der Waals surface area contributed by atoms with Crippen molar-refractivity contribution in [3.63, 3.8) is 0 Å². The molecule has 0 radical (unpaired) electrons. The minimum atomic E-state index is -0.649. The number of nitrogens with zero attached hydrogens (tertiary/aromatic N) is 2. The molecule has 0 amide bonds. The van der Waals surface area contributed by atoms with E-state index >= 15 is 0 Å². The molecule has 0 saturated heterocycles. The number of hydrogen-bond acceptors (Lipinski definition) is 6. The van der Waals surface area contributed by atoms with Crippen LogP contribution in [0.1, 0.15) is 36.6 Å². The summed E-state index contributed by atoms with van der Waals surface area (Å²) in [6, 6.07) is 22.5. The van der Waals surface area contributed by atoms with Crippen molar-refractivity contribution >= 4 is 23.4 Å². The molecular weight excluding hydrogens is 503 g/mol. The zero-order valence-electron chi connectivity index (χ0n) is 20.9. The Balaban J connectivity index is 1.54. The number of benzene rings is 3. The van der Waals surface area contributed by atoms with Crippen molar-refractivity contribution in [3.05, 3.63) is 132 Å². The molecule has 1 aliphatic rings. The third-order valence-electron chi connectivity index (χ3n) is 6.14. The van der Waals surface area contributed by atoms with Crippen LogP contribution in [0.4, 0.5) is 4.39 Å². The van der Waals surface area contributed by atoms with Gasteiger partial charge in [0.1, 0.15) is 18.2 Å². The average Bonchev–Trinajstić information content (AvgIpc) is 3.22. The predicted molar refractivity (Wildman–Crippen MR) is 144 cm³/mol. The van der Waals surface area contributed by atoms with Crippen LogP contribution in [0.5, 0.6) is 5.75 Å². The molecule has 1 aromatic heterocycles. The summed E-state index contributed by atoms with van der Waals surface area (Å²) in [6.07, 6.45) is 1.77. The van der Waals surface area contributed by atoms with Crippen LogP contribution in [0.3, 0.4) is 0 Å². The summed E-state index contributed by atoms with van der Waals surface area (Å²) in [5.74, 6) is -0.260. The van der Waals surface area contributed by atoms with Crippen molar-refractivity contribution in [1.29, 1.82) is 0 Å². The van der Waals surface area contributed by atoms with Gasteiger partial charge in [0.25, 0.3) is 5.56 Å². The number of aromatic nitrogens is 1. The molecule has 4 aromatic rings. The first-order chi connectivity index (χ1) is 18.5. The van der Waals surface area contributed by atoms with Gasteiger partial charge >= 0.3 is 5.97 Å². The monoisotopic (exact) mass is 528 g/mol. The average molecular weight is 529 g/mol. The van der Waals surface area contributed by atoms with Gasteiger partial charge < -0.3 is 9.47 Å². The van der Waals surface area contributed by atoms with Crippen LogP contribution in [0.25, 0.3) is 6.08 Å². The van der Waals surface area contributed by atoms with E-state index < -0.39 is 12.0 Å². The van der Waals surface area contributed by atoms with Crippen LogP contribution in [-0.2, 0) is 16.1 Å². The third-order valence-corrected chi connectivity index (χ3v) is 7.12. The van der Waals surface area contributed by atoms with Crippen LogP contribution < -0.4 is 19.6 Å². The molecule has 192 valence electrons. The fourth-order valence-electron chi connectivity index (χ4n) is 4.36. The maximum Gasteiger partial charge on any atom is 0.338 e. The van der Waals surface area contributed by atoms with Crippen LogP contribution in [0.2, 0.25) is 0 Å². The number of ether oxygens (including phenoxy) is 2. The Morgan fingerprint density at radius 1 is 1.08 bits per heavy atom. The molecule has 0 bridgehead atoms. The second kappa shape index (κ2) is 11.0. The van der Waals surface area contributed by atoms with Crippen LogP contribution in [0.15, 0.2) is 99.9 Å². The van der Waals surface area contributed by atoms with Crippen molar-refractivity contribution in [2.45, 2.75) is 26.5 Å². The van der Waals surface area contributed by atoms with Crippen molar-refractivity contribution in [2.75, 3.05) is 6.61 Å². The number of carbonyl (C=O) groups is 1. The molecule has 0 fully saturated rings. The molecule has 5 rings (SSSR count). The van der Waals surface area contributed by atoms with Gasteiger partial charge in [-0.15, -0.1) is 0 Å². The first-order valence-corrected chi connectivity index (χ1v) is 13.0. The quantitative estimate of drug-likeness (QED) is 0.331. The molecule has 8 heteroatoms. The predicted octanol–water partition coefficient (Wildman–Crippen LogP) is 4.52. The molecule has 1 atom stereocenters. The molecule has 0 saturated carbocycles. The number of rotatable bonds is 7. The molecule has 1 unspecified atom stereocenters. The summed E-state index contributed by atoms with van der Waals surface area (Å²) in [5.41, 5.74) is 2.61. The Hall–Kier alpha value is -4.30. The molecule has 0 N–H and O–H groups in total. The van der Waals surface area contributed by atoms with Crippen LogP contribution in [0, 0.1) is 5.82 Å². The number of fused-ring (bicyclic) bond motifs is 1. The molecule has 2 heterocycles. The first kappa shape index (κ1) is 25.4. The van der Waals surface area contributed by atoms with Crippen molar-refractivity contribution < 1.29 is 18.7 Å². The summed E-state index contributed by atoms with van der Waals surface area (Å²) in [7, 11) is 0. The van der Waals surface area contributed by atoms with E-state index in [0.717, 1.165) is 11.1 Å². The van der Waals surface area contributed by atoms with Gasteiger partial charge in [-0.25, -0.2) is 14.2 Å². The molecule has 38 heavy (non-hydrogen) atoms. The van der Waals surface area contributed by atoms with Crippen LogP contribution >= 0.6 is 11.3 Å². The normalized spacial score (nSPS) is 15.1. The second-order valence-corrected chi connectivity index (χ2v) is 9.67. The summed E-state index contributed by atoms with van der Waals surface area (Å²) < 4.78 is 27.1. The van der Waals surface area contributed by atoms with E-state index in [9.17, 15) is 14.0 Å². The first-order valence-electron chi connectivity index (χ1n) is 12.2. The van der Waals surface area contributed by atoms with E-state index in [1.165, 1.54) is 17.4 Å². The molecule has 1 aliphatic heterocycles. The second-order valence-electron chi connectivity index (χ2n) is 8.67. The Morgan fingerprint density at radius 2 is 1.84 bits per heavy atom. The van der Waals surface area contributed by atoms with E-state index in [2.05, 4.69) is 4.99 Å². The third kappa shape index (κ3) is 5.08. The van der Waals surface area contributed by atoms with E-state index in [-0.39, 0.29) is 24.6 Å². The molecular formula is C30H25FN2O4S. The zero-order valence-corrected chi connectivity index (χ0v) is 21.7.